The van der Waals surface area contributed by atoms with Gasteiger partial charge in [0.25, 0.3) is 0 Å². The van der Waals surface area contributed by atoms with E-state index in [0.29, 0.717) is 5.92 Å². The number of nitrogens with zero attached hydrogens (tertiary/aromatic N) is 5. The van der Waals surface area contributed by atoms with Crippen molar-refractivity contribution in [3.05, 3.63) is 59.9 Å². The van der Waals surface area contributed by atoms with Gasteiger partial charge in [-0.05, 0) is 31.0 Å². The Morgan fingerprint density at radius 3 is 2.52 bits per heavy atom. The maximum atomic E-state index is 4.77. The van der Waals surface area contributed by atoms with Crippen molar-refractivity contribution in [2.75, 3.05) is 0 Å². The first-order valence-corrected chi connectivity index (χ1v) is 8.12. The smallest absolute Gasteiger partial charge is 0.151 e. The maximum Gasteiger partial charge on any atom is 0.151 e. The van der Waals surface area contributed by atoms with E-state index in [-0.39, 0.29) is 0 Å². The summed E-state index contributed by atoms with van der Waals surface area (Å²) in [6, 6.07) is 12.2. The largest absolute Gasteiger partial charge is 0.269 e. The zero-order valence-corrected chi connectivity index (χ0v) is 14.0. The summed E-state index contributed by atoms with van der Waals surface area (Å²) < 4.78 is 3.97. The number of aryl methyl sites for hydroxylation is 3. The molecule has 0 aliphatic rings. The molecule has 0 fully saturated rings. The van der Waals surface area contributed by atoms with E-state index in [2.05, 4.69) is 38.0 Å². The van der Waals surface area contributed by atoms with Crippen molar-refractivity contribution in [1.82, 2.24) is 24.5 Å². The van der Waals surface area contributed by atoms with E-state index in [9.17, 15) is 0 Å². The average Bonchev–Trinajstić information content (AvgIpc) is 3.11. The van der Waals surface area contributed by atoms with Gasteiger partial charge < -0.3 is 0 Å². The van der Waals surface area contributed by atoms with Crippen molar-refractivity contribution in [2.45, 2.75) is 40.2 Å². The Bertz CT molecular complexity index is 755. The molecule has 0 amide bonds. The van der Waals surface area contributed by atoms with Gasteiger partial charge >= 0.3 is 0 Å². The Labute approximate surface area is 137 Å². The summed E-state index contributed by atoms with van der Waals surface area (Å²) in [4.78, 5) is 4.77. The third-order valence-electron chi connectivity index (χ3n) is 3.79. The summed E-state index contributed by atoms with van der Waals surface area (Å²) in [5, 5.41) is 9.07. The minimum Gasteiger partial charge on any atom is -0.269 e. The lowest BCUT2D eigenvalue weighted by Gasteiger charge is -2.07. The zero-order chi connectivity index (χ0) is 16.2. The molecule has 0 unspecified atom stereocenters. The molecular weight excluding hydrogens is 286 g/mol. The standard InChI is InChI=1S/C18H23N5/c1-14(2)13-17-20-18(10-12-22-15(3)9-11-19-22)23(21-17)16-7-5-4-6-8-16/h4-9,11,14H,10,12-13H2,1-3H3. The number of benzene rings is 1. The second-order valence-electron chi connectivity index (χ2n) is 6.24. The molecule has 0 saturated heterocycles. The molecule has 3 aromatic rings. The first-order chi connectivity index (χ1) is 11.1. The van der Waals surface area contributed by atoms with E-state index in [1.807, 2.05) is 39.8 Å². The Morgan fingerprint density at radius 1 is 1.09 bits per heavy atom. The number of para-hydroxylation sites is 1. The molecule has 0 spiro atoms. The summed E-state index contributed by atoms with van der Waals surface area (Å²) >= 11 is 0. The summed E-state index contributed by atoms with van der Waals surface area (Å²) in [5.41, 5.74) is 2.22. The molecule has 120 valence electrons. The van der Waals surface area contributed by atoms with Crippen LogP contribution in [-0.2, 0) is 19.4 Å². The van der Waals surface area contributed by atoms with Crippen LogP contribution in [0.1, 0.15) is 31.2 Å². The van der Waals surface area contributed by atoms with Crippen molar-refractivity contribution in [3.8, 4) is 5.69 Å². The fourth-order valence-electron chi connectivity index (χ4n) is 2.62. The maximum absolute atomic E-state index is 4.77. The molecular formula is C18H23N5. The minimum atomic E-state index is 0.544. The van der Waals surface area contributed by atoms with E-state index in [4.69, 9.17) is 10.1 Å². The minimum absolute atomic E-state index is 0.544. The number of hydrogen-bond donors (Lipinski definition) is 0. The Hall–Kier alpha value is -2.43. The molecule has 0 N–H and O–H groups in total. The Balaban J connectivity index is 1.87. The second-order valence-corrected chi connectivity index (χ2v) is 6.24. The van der Waals surface area contributed by atoms with Gasteiger partial charge in [0.2, 0.25) is 0 Å². The van der Waals surface area contributed by atoms with Crippen molar-refractivity contribution in [3.63, 3.8) is 0 Å². The molecule has 5 nitrogen and oxygen atoms in total. The third-order valence-corrected chi connectivity index (χ3v) is 3.79. The lowest BCUT2D eigenvalue weighted by atomic mass is 10.1. The predicted molar refractivity (Wildman–Crippen MR) is 90.6 cm³/mol. The van der Waals surface area contributed by atoms with E-state index < -0.39 is 0 Å². The molecule has 0 aliphatic heterocycles. The van der Waals surface area contributed by atoms with Gasteiger partial charge in [-0.1, -0.05) is 32.0 Å². The van der Waals surface area contributed by atoms with Gasteiger partial charge in [-0.3, -0.25) is 4.68 Å². The van der Waals surface area contributed by atoms with Crippen LogP contribution in [-0.4, -0.2) is 24.5 Å². The lowest BCUT2D eigenvalue weighted by Crippen LogP contribution is -2.09. The van der Waals surface area contributed by atoms with Crippen molar-refractivity contribution in [1.29, 1.82) is 0 Å². The zero-order valence-electron chi connectivity index (χ0n) is 14.0. The summed E-state index contributed by atoms with van der Waals surface area (Å²) in [6.07, 6.45) is 3.54. The van der Waals surface area contributed by atoms with Crippen LogP contribution < -0.4 is 0 Å². The van der Waals surface area contributed by atoms with Crippen LogP contribution in [0.2, 0.25) is 0 Å². The van der Waals surface area contributed by atoms with Crippen molar-refractivity contribution >= 4 is 0 Å². The SMILES string of the molecule is Cc1ccnn1CCc1nc(CC(C)C)nn1-c1ccccc1. The van der Waals surface area contributed by atoms with Crippen LogP contribution in [0.25, 0.3) is 5.69 Å². The van der Waals surface area contributed by atoms with Crippen LogP contribution in [0.4, 0.5) is 0 Å². The molecule has 0 atom stereocenters. The highest BCUT2D eigenvalue weighted by Crippen LogP contribution is 2.13. The van der Waals surface area contributed by atoms with E-state index in [1.165, 1.54) is 0 Å². The van der Waals surface area contributed by atoms with Crippen LogP contribution in [0.15, 0.2) is 42.6 Å². The highest BCUT2D eigenvalue weighted by molar-refractivity contribution is 5.31. The van der Waals surface area contributed by atoms with Crippen molar-refractivity contribution < 1.29 is 0 Å². The summed E-state index contributed by atoms with van der Waals surface area (Å²) in [5.74, 6) is 2.45. The Kier molecular flexibility index (Phi) is 4.55. The number of rotatable bonds is 6. The van der Waals surface area contributed by atoms with Crippen LogP contribution in [0.5, 0.6) is 0 Å². The molecule has 0 aliphatic carbocycles. The molecule has 0 radical (unpaired) electrons. The summed E-state index contributed by atoms with van der Waals surface area (Å²) in [7, 11) is 0. The third kappa shape index (κ3) is 3.67. The first kappa shape index (κ1) is 15.5. The van der Waals surface area contributed by atoms with Crippen molar-refractivity contribution in [2.24, 2.45) is 5.92 Å². The quantitative estimate of drug-likeness (QED) is 0.702. The van der Waals surface area contributed by atoms with Gasteiger partial charge in [-0.2, -0.15) is 10.2 Å². The molecule has 1 aromatic carbocycles. The monoisotopic (exact) mass is 309 g/mol. The molecule has 2 heterocycles. The van der Waals surface area contributed by atoms with E-state index in [0.717, 1.165) is 42.4 Å². The summed E-state index contributed by atoms with van der Waals surface area (Å²) in [6.45, 7) is 7.26. The molecule has 0 saturated carbocycles. The highest BCUT2D eigenvalue weighted by Gasteiger charge is 2.13. The Morgan fingerprint density at radius 2 is 1.87 bits per heavy atom. The van der Waals surface area contributed by atoms with Gasteiger partial charge in [0.1, 0.15) is 5.82 Å². The average molecular weight is 309 g/mol. The molecule has 5 heteroatoms. The number of aromatic nitrogens is 5. The van der Waals surface area contributed by atoms with Gasteiger partial charge in [0.15, 0.2) is 5.82 Å². The van der Waals surface area contributed by atoms with Gasteiger partial charge in [0.05, 0.1) is 5.69 Å². The van der Waals surface area contributed by atoms with E-state index in [1.54, 1.807) is 0 Å². The fourth-order valence-corrected chi connectivity index (χ4v) is 2.62. The number of hydrogen-bond acceptors (Lipinski definition) is 3. The molecule has 3 rings (SSSR count). The second kappa shape index (κ2) is 6.77. The van der Waals surface area contributed by atoms with Gasteiger partial charge in [0, 0.05) is 31.3 Å². The topological polar surface area (TPSA) is 48.5 Å². The molecule has 0 bridgehead atoms. The van der Waals surface area contributed by atoms with Gasteiger partial charge in [-0.25, -0.2) is 9.67 Å². The fraction of sp³-hybridized carbons (Fsp3) is 0.389. The normalized spacial score (nSPS) is 11.3. The van der Waals surface area contributed by atoms with Crippen LogP contribution in [0, 0.1) is 12.8 Å². The van der Waals surface area contributed by atoms with Crippen LogP contribution in [0.3, 0.4) is 0 Å². The van der Waals surface area contributed by atoms with Crippen LogP contribution >= 0.6 is 0 Å². The molecule has 23 heavy (non-hydrogen) atoms. The lowest BCUT2D eigenvalue weighted by molar-refractivity contribution is 0.577. The van der Waals surface area contributed by atoms with E-state index >= 15 is 0 Å². The molecule has 2 aromatic heterocycles. The van der Waals surface area contributed by atoms with Gasteiger partial charge in [-0.15, -0.1) is 0 Å². The first-order valence-electron chi connectivity index (χ1n) is 8.12. The predicted octanol–water partition coefficient (Wildman–Crippen LogP) is 3.21. The highest BCUT2D eigenvalue weighted by atomic mass is 15.4.